The van der Waals surface area contributed by atoms with Gasteiger partial charge < -0.3 is 20.3 Å². The van der Waals surface area contributed by atoms with Gasteiger partial charge in [0.15, 0.2) is 0 Å². The predicted molar refractivity (Wildman–Crippen MR) is 77.9 cm³/mol. The van der Waals surface area contributed by atoms with Crippen molar-refractivity contribution in [2.24, 2.45) is 5.73 Å². The summed E-state index contributed by atoms with van der Waals surface area (Å²) < 4.78 is 10.4. The van der Waals surface area contributed by atoms with Crippen molar-refractivity contribution in [1.29, 1.82) is 0 Å². The lowest BCUT2D eigenvalue weighted by Gasteiger charge is -2.20. The lowest BCUT2D eigenvalue weighted by Crippen LogP contribution is -2.19. The van der Waals surface area contributed by atoms with Crippen molar-refractivity contribution in [3.05, 3.63) is 59.7 Å². The molecule has 0 aromatic heterocycles. The minimum atomic E-state index is -0.832. The molecular weight excluding hydrogens is 254 g/mol. The Labute approximate surface area is 118 Å². The molecule has 0 aliphatic carbocycles. The number of benzene rings is 2. The minimum absolute atomic E-state index is 0.506. The maximum absolute atomic E-state index is 10.4. The largest absolute Gasteiger partial charge is 0.497 e. The number of ether oxygens (including phenoxy) is 2. The van der Waals surface area contributed by atoms with Crippen molar-refractivity contribution in [3.8, 4) is 11.5 Å². The Morgan fingerprint density at radius 1 is 0.900 bits per heavy atom. The monoisotopic (exact) mass is 273 g/mol. The van der Waals surface area contributed by atoms with Gasteiger partial charge in [0.05, 0.1) is 26.4 Å². The zero-order chi connectivity index (χ0) is 14.5. The van der Waals surface area contributed by atoms with Gasteiger partial charge in [-0.15, -0.1) is 0 Å². The maximum atomic E-state index is 10.4. The predicted octanol–water partition coefficient (Wildman–Crippen LogP) is 2.44. The Balaban J connectivity index is 2.30. The van der Waals surface area contributed by atoms with Crippen LogP contribution in [0.1, 0.15) is 23.3 Å². The molecule has 0 saturated carbocycles. The van der Waals surface area contributed by atoms with Crippen LogP contribution < -0.4 is 15.2 Å². The smallest absolute Gasteiger partial charge is 0.122 e. The third kappa shape index (κ3) is 3.10. The molecular formula is C16H19NO3. The Hall–Kier alpha value is -2.04. The third-order valence-electron chi connectivity index (χ3n) is 3.24. The van der Waals surface area contributed by atoms with Gasteiger partial charge in [-0.25, -0.2) is 0 Å². The van der Waals surface area contributed by atoms with Gasteiger partial charge in [-0.05, 0) is 23.3 Å². The van der Waals surface area contributed by atoms with E-state index in [-0.39, 0.29) is 0 Å². The number of hydrogen-bond donors (Lipinski definition) is 2. The fraction of sp³-hybridized carbons (Fsp3) is 0.250. The Bertz CT molecular complexity index is 535. The van der Waals surface area contributed by atoms with E-state index >= 15 is 0 Å². The molecule has 2 aromatic rings. The van der Waals surface area contributed by atoms with Gasteiger partial charge >= 0.3 is 0 Å². The first kappa shape index (κ1) is 14.4. The molecule has 0 saturated heterocycles. The second-order valence-electron chi connectivity index (χ2n) is 4.53. The van der Waals surface area contributed by atoms with Gasteiger partial charge in [0.25, 0.3) is 0 Å². The van der Waals surface area contributed by atoms with E-state index in [1.165, 1.54) is 0 Å². The van der Waals surface area contributed by atoms with Crippen LogP contribution in [-0.4, -0.2) is 19.3 Å². The van der Waals surface area contributed by atoms with Gasteiger partial charge in [-0.2, -0.15) is 0 Å². The van der Waals surface area contributed by atoms with Crippen LogP contribution in [-0.2, 0) is 0 Å². The highest BCUT2D eigenvalue weighted by molar-refractivity contribution is 5.40. The molecule has 0 aliphatic heterocycles. The molecule has 0 spiro atoms. The number of hydrogen-bond acceptors (Lipinski definition) is 4. The standard InChI is InChI=1S/C16H19NO3/c1-19-13-8-12(9-14(10-13)20-2)16(18)15(17)11-6-4-3-5-7-11/h3-10,15-16,18H,17H2,1-2H3. The first-order valence-electron chi connectivity index (χ1n) is 6.37. The second-order valence-corrected chi connectivity index (χ2v) is 4.53. The number of aliphatic hydroxyl groups excluding tert-OH is 1. The molecule has 3 N–H and O–H groups in total. The van der Waals surface area contributed by atoms with Crippen LogP contribution in [0.2, 0.25) is 0 Å². The fourth-order valence-electron chi connectivity index (χ4n) is 2.07. The molecule has 0 heterocycles. The van der Waals surface area contributed by atoms with Crippen molar-refractivity contribution in [1.82, 2.24) is 0 Å². The van der Waals surface area contributed by atoms with Gasteiger partial charge in [0, 0.05) is 6.07 Å². The zero-order valence-electron chi connectivity index (χ0n) is 11.6. The summed E-state index contributed by atoms with van der Waals surface area (Å²) in [6, 6.07) is 14.3. The van der Waals surface area contributed by atoms with Gasteiger partial charge in [-0.1, -0.05) is 30.3 Å². The molecule has 0 amide bonds. The first-order valence-corrected chi connectivity index (χ1v) is 6.37. The highest BCUT2D eigenvalue weighted by atomic mass is 16.5. The quantitative estimate of drug-likeness (QED) is 0.878. The Morgan fingerprint density at radius 2 is 1.45 bits per heavy atom. The molecule has 0 bridgehead atoms. The summed E-state index contributed by atoms with van der Waals surface area (Å²) in [5.41, 5.74) is 7.66. The molecule has 4 heteroatoms. The minimum Gasteiger partial charge on any atom is -0.497 e. The lowest BCUT2D eigenvalue weighted by molar-refractivity contribution is 0.146. The first-order chi connectivity index (χ1) is 9.65. The van der Waals surface area contributed by atoms with Crippen LogP contribution in [0.5, 0.6) is 11.5 Å². The van der Waals surface area contributed by atoms with Gasteiger partial charge in [0.1, 0.15) is 11.5 Å². The van der Waals surface area contributed by atoms with Crippen molar-refractivity contribution >= 4 is 0 Å². The van der Waals surface area contributed by atoms with Crippen LogP contribution in [0.25, 0.3) is 0 Å². The highest BCUT2D eigenvalue weighted by Gasteiger charge is 2.20. The van der Waals surface area contributed by atoms with Crippen molar-refractivity contribution < 1.29 is 14.6 Å². The molecule has 4 nitrogen and oxygen atoms in total. The van der Waals surface area contributed by atoms with Crippen molar-refractivity contribution in [2.75, 3.05) is 14.2 Å². The topological polar surface area (TPSA) is 64.7 Å². The lowest BCUT2D eigenvalue weighted by atomic mass is 9.96. The van der Waals surface area contributed by atoms with Crippen LogP contribution in [0.15, 0.2) is 48.5 Å². The van der Waals surface area contributed by atoms with Gasteiger partial charge in [0.2, 0.25) is 0 Å². The highest BCUT2D eigenvalue weighted by Crippen LogP contribution is 2.32. The molecule has 2 rings (SSSR count). The zero-order valence-corrected chi connectivity index (χ0v) is 11.6. The molecule has 2 atom stereocenters. The van der Waals surface area contributed by atoms with E-state index < -0.39 is 12.1 Å². The average Bonchev–Trinajstić information content (AvgIpc) is 2.53. The SMILES string of the molecule is COc1cc(OC)cc(C(O)C(N)c2ccccc2)c1. The summed E-state index contributed by atoms with van der Waals surface area (Å²) in [7, 11) is 3.14. The summed E-state index contributed by atoms with van der Waals surface area (Å²) in [5, 5.41) is 10.4. The number of methoxy groups -OCH3 is 2. The van der Waals surface area contributed by atoms with E-state index in [1.807, 2.05) is 30.3 Å². The summed E-state index contributed by atoms with van der Waals surface area (Å²) in [4.78, 5) is 0. The van der Waals surface area contributed by atoms with Crippen molar-refractivity contribution in [2.45, 2.75) is 12.1 Å². The molecule has 0 radical (unpaired) electrons. The fourth-order valence-corrected chi connectivity index (χ4v) is 2.07. The summed E-state index contributed by atoms with van der Waals surface area (Å²) >= 11 is 0. The summed E-state index contributed by atoms with van der Waals surface area (Å²) in [6.45, 7) is 0. The number of nitrogens with two attached hydrogens (primary N) is 1. The average molecular weight is 273 g/mol. The molecule has 0 aliphatic rings. The molecule has 2 unspecified atom stereocenters. The summed E-state index contributed by atoms with van der Waals surface area (Å²) in [5.74, 6) is 1.25. The molecule has 20 heavy (non-hydrogen) atoms. The third-order valence-corrected chi connectivity index (χ3v) is 3.24. The van der Waals surface area contributed by atoms with E-state index in [9.17, 15) is 5.11 Å². The van der Waals surface area contributed by atoms with Crippen LogP contribution in [0.4, 0.5) is 0 Å². The van der Waals surface area contributed by atoms with Gasteiger partial charge in [-0.3, -0.25) is 0 Å². The second kappa shape index (κ2) is 6.41. The van der Waals surface area contributed by atoms with Crippen LogP contribution in [0.3, 0.4) is 0 Å². The number of aliphatic hydroxyl groups is 1. The van der Waals surface area contributed by atoms with Crippen LogP contribution >= 0.6 is 0 Å². The molecule has 106 valence electrons. The van der Waals surface area contributed by atoms with Crippen molar-refractivity contribution in [3.63, 3.8) is 0 Å². The van der Waals surface area contributed by atoms with E-state index in [0.717, 1.165) is 5.56 Å². The van der Waals surface area contributed by atoms with E-state index in [2.05, 4.69) is 0 Å². The molecule has 0 fully saturated rings. The Kier molecular flexibility index (Phi) is 4.61. The summed E-state index contributed by atoms with van der Waals surface area (Å²) in [6.07, 6.45) is -0.832. The van der Waals surface area contributed by atoms with E-state index in [1.54, 1.807) is 32.4 Å². The van der Waals surface area contributed by atoms with Crippen LogP contribution in [0, 0.1) is 0 Å². The normalized spacial score (nSPS) is 13.6. The number of rotatable bonds is 5. The Morgan fingerprint density at radius 3 is 1.95 bits per heavy atom. The van der Waals surface area contributed by atoms with E-state index in [4.69, 9.17) is 15.2 Å². The van der Waals surface area contributed by atoms with E-state index in [0.29, 0.717) is 17.1 Å². The molecule has 2 aromatic carbocycles. The maximum Gasteiger partial charge on any atom is 0.122 e.